The summed E-state index contributed by atoms with van der Waals surface area (Å²) in [5.74, 6) is -0.913. The molecule has 2 saturated heterocycles. The Morgan fingerprint density at radius 2 is 2.00 bits per heavy atom. The molecule has 3 amide bonds. The van der Waals surface area contributed by atoms with Crippen molar-refractivity contribution in [3.8, 4) is 6.07 Å². The fourth-order valence-corrected chi connectivity index (χ4v) is 4.00. The molecule has 0 radical (unpaired) electrons. The van der Waals surface area contributed by atoms with Crippen molar-refractivity contribution in [2.75, 3.05) is 13.2 Å². The molecule has 1 aromatic carbocycles. The molecule has 1 aromatic rings. The van der Waals surface area contributed by atoms with Crippen molar-refractivity contribution in [3.05, 3.63) is 35.9 Å². The molecule has 0 saturated carbocycles. The van der Waals surface area contributed by atoms with E-state index in [-0.39, 0.29) is 30.8 Å². The van der Waals surface area contributed by atoms with E-state index in [1.807, 2.05) is 51.1 Å². The van der Waals surface area contributed by atoms with Gasteiger partial charge in [0.2, 0.25) is 17.7 Å². The Balaban J connectivity index is 0.000000438. The number of nitrogens with zero attached hydrogens (tertiary/aromatic N) is 2. The normalized spacial score (nSPS) is 27.5. The predicted molar refractivity (Wildman–Crippen MR) is 106 cm³/mol. The van der Waals surface area contributed by atoms with Gasteiger partial charge in [-0.3, -0.25) is 14.4 Å². The first-order valence-corrected chi connectivity index (χ1v) is 9.60. The Labute approximate surface area is 170 Å². The van der Waals surface area contributed by atoms with E-state index < -0.39 is 22.9 Å². The minimum absolute atomic E-state index is 0.0694. The van der Waals surface area contributed by atoms with Gasteiger partial charge in [-0.25, -0.2) is 0 Å². The van der Waals surface area contributed by atoms with E-state index in [1.54, 1.807) is 4.90 Å². The molecule has 3 rings (SSSR count). The number of β-lactam (4-membered cyclic amide) rings is 1. The number of nitrogens with two attached hydrogens (primary N) is 1. The number of hydrogen-bond acceptors (Lipinski definition) is 5. The maximum absolute atomic E-state index is 12.9. The second-order valence-corrected chi connectivity index (χ2v) is 8.04. The number of benzene rings is 1. The average Bonchev–Trinajstić information content (AvgIpc) is 2.99. The standard InChI is InChI=1S/C18H21N3O2.C3H7NO2/c1-12(2)15(22)21-14(13-7-5-4-6-8-13)17(3,10-19)9-18(21)11-20-16(18)23;4-3(6)1-2-5/h4-8,12,14H,9,11H2,1-3H3,(H,20,23);5H,1-2H2,(H2,4,6). The van der Waals surface area contributed by atoms with Crippen LogP contribution in [0.4, 0.5) is 0 Å². The molecule has 0 aromatic heterocycles. The molecule has 3 atom stereocenters. The first-order valence-electron chi connectivity index (χ1n) is 9.60. The summed E-state index contributed by atoms with van der Waals surface area (Å²) in [4.78, 5) is 36.6. The first-order chi connectivity index (χ1) is 13.6. The summed E-state index contributed by atoms with van der Waals surface area (Å²) in [7, 11) is 0. The summed E-state index contributed by atoms with van der Waals surface area (Å²) in [6.45, 7) is 5.79. The average molecular weight is 400 g/mol. The smallest absolute Gasteiger partial charge is 0.248 e. The van der Waals surface area contributed by atoms with E-state index in [0.717, 1.165) is 5.56 Å². The van der Waals surface area contributed by atoms with Crippen LogP contribution >= 0.6 is 0 Å². The topological polar surface area (TPSA) is 137 Å². The van der Waals surface area contributed by atoms with Crippen molar-refractivity contribution in [1.29, 1.82) is 5.26 Å². The summed E-state index contributed by atoms with van der Waals surface area (Å²) in [5, 5.41) is 20.5. The molecule has 0 aliphatic carbocycles. The van der Waals surface area contributed by atoms with Gasteiger partial charge >= 0.3 is 0 Å². The molecule has 4 N–H and O–H groups in total. The number of hydrogen-bond donors (Lipinski definition) is 3. The number of rotatable bonds is 4. The molecule has 8 nitrogen and oxygen atoms in total. The molecular formula is C21H28N4O4. The minimum Gasteiger partial charge on any atom is -0.396 e. The number of amides is 3. The molecule has 1 spiro atoms. The van der Waals surface area contributed by atoms with Crippen molar-refractivity contribution in [3.63, 3.8) is 0 Å². The lowest BCUT2D eigenvalue weighted by molar-refractivity contribution is -0.156. The number of nitriles is 1. The SMILES string of the molecule is CC(C)C(=O)N1C(c2ccccc2)C(C)(C#N)CC12CNC2=O.NC(=O)CCO. The molecule has 8 heteroatoms. The monoisotopic (exact) mass is 400 g/mol. The predicted octanol–water partition coefficient (Wildman–Crippen LogP) is 0.869. The van der Waals surface area contributed by atoms with Gasteiger partial charge in [0, 0.05) is 18.8 Å². The Morgan fingerprint density at radius 3 is 2.34 bits per heavy atom. The van der Waals surface area contributed by atoms with Crippen molar-refractivity contribution >= 4 is 17.7 Å². The van der Waals surface area contributed by atoms with Gasteiger partial charge in [0.25, 0.3) is 0 Å². The first kappa shape index (κ1) is 22.4. The zero-order chi connectivity index (χ0) is 21.8. The maximum atomic E-state index is 12.9. The largest absolute Gasteiger partial charge is 0.396 e. The maximum Gasteiger partial charge on any atom is 0.248 e. The van der Waals surface area contributed by atoms with Gasteiger partial charge in [0.05, 0.1) is 30.7 Å². The Kier molecular flexibility index (Phi) is 6.65. The van der Waals surface area contributed by atoms with E-state index in [0.29, 0.717) is 13.0 Å². The molecule has 2 aliphatic rings. The lowest BCUT2D eigenvalue weighted by Crippen LogP contribution is -2.72. The number of carbonyl (C=O) groups excluding carboxylic acids is 3. The number of aliphatic hydroxyl groups is 1. The second-order valence-electron chi connectivity index (χ2n) is 8.04. The molecule has 2 heterocycles. The molecule has 3 unspecified atom stereocenters. The van der Waals surface area contributed by atoms with E-state index in [4.69, 9.17) is 5.11 Å². The number of aliphatic hydroxyl groups excluding tert-OH is 1. The van der Waals surface area contributed by atoms with Crippen molar-refractivity contribution in [1.82, 2.24) is 10.2 Å². The highest BCUT2D eigenvalue weighted by Gasteiger charge is 2.67. The fourth-order valence-electron chi connectivity index (χ4n) is 4.00. The second kappa shape index (κ2) is 8.62. The van der Waals surface area contributed by atoms with Crippen LogP contribution < -0.4 is 11.1 Å². The third-order valence-corrected chi connectivity index (χ3v) is 5.41. The van der Waals surface area contributed by atoms with Crippen LogP contribution in [0.25, 0.3) is 0 Å². The highest BCUT2D eigenvalue weighted by atomic mass is 16.3. The number of primary amides is 1. The Hall–Kier alpha value is -2.92. The zero-order valence-corrected chi connectivity index (χ0v) is 17.0. The van der Waals surface area contributed by atoms with Gasteiger partial charge in [-0.1, -0.05) is 44.2 Å². The van der Waals surface area contributed by atoms with Gasteiger partial charge < -0.3 is 21.1 Å². The molecule has 0 bridgehead atoms. The molecule has 29 heavy (non-hydrogen) atoms. The van der Waals surface area contributed by atoms with Crippen LogP contribution in [0.3, 0.4) is 0 Å². The van der Waals surface area contributed by atoms with Crippen LogP contribution in [0.5, 0.6) is 0 Å². The Bertz CT molecular complexity index is 820. The van der Waals surface area contributed by atoms with Gasteiger partial charge in [0.1, 0.15) is 5.54 Å². The molecular weight excluding hydrogens is 372 g/mol. The van der Waals surface area contributed by atoms with E-state index in [2.05, 4.69) is 17.1 Å². The van der Waals surface area contributed by atoms with Gasteiger partial charge in [0.15, 0.2) is 0 Å². The van der Waals surface area contributed by atoms with Crippen LogP contribution in [-0.2, 0) is 14.4 Å². The van der Waals surface area contributed by atoms with Crippen LogP contribution in [-0.4, -0.2) is 46.4 Å². The van der Waals surface area contributed by atoms with E-state index in [1.165, 1.54) is 0 Å². The van der Waals surface area contributed by atoms with Crippen molar-refractivity contribution in [2.45, 2.75) is 45.2 Å². The highest BCUT2D eigenvalue weighted by molar-refractivity contribution is 5.98. The zero-order valence-electron chi connectivity index (χ0n) is 17.0. The van der Waals surface area contributed by atoms with Gasteiger partial charge in [-0.15, -0.1) is 0 Å². The van der Waals surface area contributed by atoms with Crippen LogP contribution in [0.2, 0.25) is 0 Å². The summed E-state index contributed by atoms with van der Waals surface area (Å²) < 4.78 is 0. The van der Waals surface area contributed by atoms with E-state index >= 15 is 0 Å². The summed E-state index contributed by atoms with van der Waals surface area (Å²) in [6.07, 6.45) is 0.445. The van der Waals surface area contributed by atoms with Gasteiger partial charge in [-0.2, -0.15) is 5.26 Å². The van der Waals surface area contributed by atoms with Crippen LogP contribution in [0, 0.1) is 22.7 Å². The lowest BCUT2D eigenvalue weighted by Gasteiger charge is -2.46. The summed E-state index contributed by atoms with van der Waals surface area (Å²) in [6, 6.07) is 11.5. The van der Waals surface area contributed by atoms with E-state index in [9.17, 15) is 19.6 Å². The minimum atomic E-state index is -0.883. The molecule has 156 valence electrons. The lowest BCUT2D eigenvalue weighted by atomic mass is 9.75. The fraction of sp³-hybridized carbons (Fsp3) is 0.524. The number of carbonyl (C=O) groups is 3. The number of nitrogens with one attached hydrogen (secondary N) is 1. The Morgan fingerprint density at radius 1 is 1.38 bits per heavy atom. The summed E-state index contributed by atoms with van der Waals surface area (Å²) in [5.41, 5.74) is 3.84. The van der Waals surface area contributed by atoms with Crippen molar-refractivity contribution < 1.29 is 19.5 Å². The van der Waals surface area contributed by atoms with Crippen LogP contribution in [0.1, 0.15) is 45.2 Å². The van der Waals surface area contributed by atoms with Crippen LogP contribution in [0.15, 0.2) is 30.3 Å². The molecule has 2 aliphatic heterocycles. The molecule has 2 fully saturated rings. The third kappa shape index (κ3) is 4.10. The highest BCUT2D eigenvalue weighted by Crippen LogP contribution is 2.56. The quantitative estimate of drug-likeness (QED) is 0.644. The van der Waals surface area contributed by atoms with Gasteiger partial charge in [-0.05, 0) is 12.5 Å². The third-order valence-electron chi connectivity index (χ3n) is 5.41. The number of likely N-dealkylation sites (tertiary alicyclic amines) is 1. The summed E-state index contributed by atoms with van der Waals surface area (Å²) >= 11 is 0. The van der Waals surface area contributed by atoms with Crippen molar-refractivity contribution in [2.24, 2.45) is 17.1 Å².